The summed E-state index contributed by atoms with van der Waals surface area (Å²) in [4.78, 5) is 2.75. The molecule has 0 radical (unpaired) electrons. The molecule has 1 unspecified atom stereocenters. The lowest BCUT2D eigenvalue weighted by atomic mass is 9.78. The second-order valence-corrected chi connectivity index (χ2v) is 7.79. The molecule has 0 aromatic carbocycles. The summed E-state index contributed by atoms with van der Waals surface area (Å²) in [6.07, 6.45) is 6.63. The van der Waals surface area contributed by atoms with Gasteiger partial charge in [-0.1, -0.05) is 27.2 Å². The fourth-order valence-electron chi connectivity index (χ4n) is 3.92. The van der Waals surface area contributed by atoms with Crippen LogP contribution in [-0.2, 0) is 4.74 Å². The SMILES string of the molecule is CCC1CCCN(CC2(CNCC(C)C)CCOCC2)C1. The Balaban J connectivity index is 1.88. The largest absolute Gasteiger partial charge is 0.381 e. The third-order valence-electron chi connectivity index (χ3n) is 5.35. The van der Waals surface area contributed by atoms with E-state index in [2.05, 4.69) is 31.0 Å². The second-order valence-electron chi connectivity index (χ2n) is 7.79. The Labute approximate surface area is 131 Å². The van der Waals surface area contributed by atoms with E-state index >= 15 is 0 Å². The molecule has 0 saturated carbocycles. The van der Waals surface area contributed by atoms with Gasteiger partial charge in [-0.3, -0.25) is 0 Å². The maximum Gasteiger partial charge on any atom is 0.0472 e. The van der Waals surface area contributed by atoms with Gasteiger partial charge in [0.25, 0.3) is 0 Å². The fraction of sp³-hybridized carbons (Fsp3) is 1.00. The molecule has 2 aliphatic rings. The molecule has 3 heteroatoms. The van der Waals surface area contributed by atoms with Gasteiger partial charge in [0.15, 0.2) is 0 Å². The number of hydrogen-bond donors (Lipinski definition) is 1. The van der Waals surface area contributed by atoms with Crippen LogP contribution in [0.3, 0.4) is 0 Å². The molecule has 2 aliphatic heterocycles. The summed E-state index contributed by atoms with van der Waals surface area (Å²) in [5.74, 6) is 1.67. The lowest BCUT2D eigenvalue weighted by molar-refractivity contribution is -0.0114. The van der Waals surface area contributed by atoms with Crippen molar-refractivity contribution in [1.29, 1.82) is 0 Å². The Morgan fingerprint density at radius 1 is 1.29 bits per heavy atom. The number of ether oxygens (including phenoxy) is 1. The van der Waals surface area contributed by atoms with Crippen LogP contribution in [-0.4, -0.2) is 50.8 Å². The smallest absolute Gasteiger partial charge is 0.0472 e. The molecular weight excluding hydrogens is 260 g/mol. The second kappa shape index (κ2) is 8.50. The number of hydrogen-bond acceptors (Lipinski definition) is 3. The molecule has 124 valence electrons. The average Bonchev–Trinajstić information content (AvgIpc) is 2.48. The van der Waals surface area contributed by atoms with E-state index in [1.165, 1.54) is 58.3 Å². The molecule has 1 atom stereocenters. The predicted octanol–water partition coefficient (Wildman–Crippen LogP) is 3.15. The first-order valence-corrected chi connectivity index (χ1v) is 9.14. The zero-order chi connectivity index (χ0) is 15.1. The van der Waals surface area contributed by atoms with Gasteiger partial charge in [-0.2, -0.15) is 0 Å². The van der Waals surface area contributed by atoms with Gasteiger partial charge in [0.2, 0.25) is 0 Å². The van der Waals surface area contributed by atoms with E-state index in [9.17, 15) is 0 Å². The van der Waals surface area contributed by atoms with Crippen molar-refractivity contribution in [3.8, 4) is 0 Å². The van der Waals surface area contributed by atoms with Crippen LogP contribution in [0.2, 0.25) is 0 Å². The summed E-state index contributed by atoms with van der Waals surface area (Å²) < 4.78 is 5.64. The summed E-state index contributed by atoms with van der Waals surface area (Å²) in [5, 5.41) is 3.73. The highest BCUT2D eigenvalue weighted by Crippen LogP contribution is 2.32. The van der Waals surface area contributed by atoms with E-state index in [0.717, 1.165) is 31.6 Å². The number of nitrogens with zero attached hydrogens (tertiary/aromatic N) is 1. The van der Waals surface area contributed by atoms with Gasteiger partial charge < -0.3 is 15.0 Å². The van der Waals surface area contributed by atoms with Crippen molar-refractivity contribution in [2.45, 2.75) is 52.9 Å². The summed E-state index contributed by atoms with van der Waals surface area (Å²) in [7, 11) is 0. The third kappa shape index (κ3) is 5.54. The molecule has 3 nitrogen and oxygen atoms in total. The monoisotopic (exact) mass is 296 g/mol. The molecular formula is C18H36N2O. The van der Waals surface area contributed by atoms with Crippen LogP contribution >= 0.6 is 0 Å². The molecule has 0 aromatic rings. The van der Waals surface area contributed by atoms with E-state index in [1.807, 2.05) is 0 Å². The number of rotatable bonds is 7. The molecule has 0 spiro atoms. The van der Waals surface area contributed by atoms with Crippen molar-refractivity contribution in [2.75, 3.05) is 45.9 Å². The molecule has 0 aliphatic carbocycles. The van der Waals surface area contributed by atoms with Crippen LogP contribution in [0.1, 0.15) is 52.9 Å². The van der Waals surface area contributed by atoms with Crippen LogP contribution in [0.4, 0.5) is 0 Å². The minimum atomic E-state index is 0.447. The highest BCUT2D eigenvalue weighted by atomic mass is 16.5. The Hall–Kier alpha value is -0.120. The Morgan fingerprint density at radius 3 is 2.71 bits per heavy atom. The number of nitrogens with one attached hydrogen (secondary N) is 1. The molecule has 0 aromatic heterocycles. The molecule has 2 saturated heterocycles. The van der Waals surface area contributed by atoms with Gasteiger partial charge in [0, 0.05) is 32.8 Å². The van der Waals surface area contributed by atoms with E-state index in [0.29, 0.717) is 5.41 Å². The molecule has 2 fully saturated rings. The number of likely N-dealkylation sites (tertiary alicyclic amines) is 1. The average molecular weight is 296 g/mol. The lowest BCUT2D eigenvalue weighted by Crippen LogP contribution is -2.50. The first kappa shape index (κ1) is 17.2. The van der Waals surface area contributed by atoms with Gasteiger partial charge in [-0.25, -0.2) is 0 Å². The first-order chi connectivity index (χ1) is 10.1. The minimum absolute atomic E-state index is 0.447. The molecule has 2 rings (SSSR count). The van der Waals surface area contributed by atoms with E-state index in [4.69, 9.17) is 4.74 Å². The molecule has 1 N–H and O–H groups in total. The van der Waals surface area contributed by atoms with Gasteiger partial charge in [0.1, 0.15) is 0 Å². The standard InChI is InChI=1S/C18H36N2O/c1-4-17-6-5-9-20(13-17)15-18(7-10-21-11-8-18)14-19-12-16(2)3/h16-17,19H,4-15H2,1-3H3. The zero-order valence-corrected chi connectivity index (χ0v) is 14.5. The molecule has 21 heavy (non-hydrogen) atoms. The van der Waals surface area contributed by atoms with Crippen molar-refractivity contribution >= 4 is 0 Å². The Bertz CT molecular complexity index is 287. The van der Waals surface area contributed by atoms with Crippen LogP contribution in [0, 0.1) is 17.3 Å². The predicted molar refractivity (Wildman–Crippen MR) is 89.6 cm³/mol. The summed E-state index contributed by atoms with van der Waals surface area (Å²) in [5.41, 5.74) is 0.447. The van der Waals surface area contributed by atoms with E-state index < -0.39 is 0 Å². The first-order valence-electron chi connectivity index (χ1n) is 9.14. The summed E-state index contributed by atoms with van der Waals surface area (Å²) in [6, 6.07) is 0. The topological polar surface area (TPSA) is 24.5 Å². The summed E-state index contributed by atoms with van der Waals surface area (Å²) >= 11 is 0. The maximum atomic E-state index is 5.64. The van der Waals surface area contributed by atoms with Crippen LogP contribution in [0.15, 0.2) is 0 Å². The highest BCUT2D eigenvalue weighted by molar-refractivity contribution is 4.89. The van der Waals surface area contributed by atoms with Crippen LogP contribution in [0.5, 0.6) is 0 Å². The van der Waals surface area contributed by atoms with E-state index in [-0.39, 0.29) is 0 Å². The number of piperidine rings is 1. The molecule has 2 heterocycles. The van der Waals surface area contributed by atoms with E-state index in [1.54, 1.807) is 0 Å². The Kier molecular flexibility index (Phi) is 6.97. The lowest BCUT2D eigenvalue weighted by Gasteiger charge is -2.43. The van der Waals surface area contributed by atoms with Crippen molar-refractivity contribution in [2.24, 2.45) is 17.3 Å². The maximum absolute atomic E-state index is 5.64. The normalized spacial score (nSPS) is 27.1. The van der Waals surface area contributed by atoms with Gasteiger partial charge in [-0.05, 0) is 56.0 Å². The minimum Gasteiger partial charge on any atom is -0.381 e. The summed E-state index contributed by atoms with van der Waals surface area (Å²) in [6.45, 7) is 15.1. The van der Waals surface area contributed by atoms with Crippen molar-refractivity contribution in [3.05, 3.63) is 0 Å². The van der Waals surface area contributed by atoms with Gasteiger partial charge >= 0.3 is 0 Å². The third-order valence-corrected chi connectivity index (χ3v) is 5.35. The van der Waals surface area contributed by atoms with Crippen molar-refractivity contribution in [1.82, 2.24) is 10.2 Å². The Morgan fingerprint density at radius 2 is 2.05 bits per heavy atom. The van der Waals surface area contributed by atoms with Crippen LogP contribution in [0.25, 0.3) is 0 Å². The van der Waals surface area contributed by atoms with Gasteiger partial charge in [0.05, 0.1) is 0 Å². The molecule has 0 bridgehead atoms. The quantitative estimate of drug-likeness (QED) is 0.781. The fourth-order valence-corrected chi connectivity index (χ4v) is 3.92. The van der Waals surface area contributed by atoms with Gasteiger partial charge in [-0.15, -0.1) is 0 Å². The highest BCUT2D eigenvalue weighted by Gasteiger charge is 2.35. The van der Waals surface area contributed by atoms with Crippen molar-refractivity contribution < 1.29 is 4.74 Å². The van der Waals surface area contributed by atoms with Crippen LogP contribution < -0.4 is 5.32 Å². The van der Waals surface area contributed by atoms with Crippen molar-refractivity contribution in [3.63, 3.8) is 0 Å². The zero-order valence-electron chi connectivity index (χ0n) is 14.5. The molecule has 0 amide bonds.